The SMILES string of the molecule is Cc1c(C(=O)OCC(=O)Nc2ccc(N3CCOCC3)cc2)oc2c(F)cccc12. The topological polar surface area (TPSA) is 81.0 Å². The number of furan rings is 1. The monoisotopic (exact) mass is 412 g/mol. The number of fused-ring (bicyclic) bond motifs is 1. The van der Waals surface area contributed by atoms with Gasteiger partial charge in [-0.15, -0.1) is 0 Å². The van der Waals surface area contributed by atoms with Crippen LogP contribution in [0.3, 0.4) is 0 Å². The summed E-state index contributed by atoms with van der Waals surface area (Å²) in [7, 11) is 0. The van der Waals surface area contributed by atoms with E-state index in [2.05, 4.69) is 10.2 Å². The van der Waals surface area contributed by atoms with E-state index in [9.17, 15) is 14.0 Å². The van der Waals surface area contributed by atoms with Crippen molar-refractivity contribution in [3.63, 3.8) is 0 Å². The standard InChI is InChI=1S/C22H21FN2O5/c1-14-17-3-2-4-18(23)21(17)30-20(14)22(27)29-13-19(26)24-15-5-7-16(8-6-15)25-9-11-28-12-10-25/h2-8H,9-13H2,1H3,(H,24,26). The number of hydrogen-bond acceptors (Lipinski definition) is 6. The largest absolute Gasteiger partial charge is 0.450 e. The predicted octanol–water partition coefficient (Wildman–Crippen LogP) is 3.51. The molecule has 0 unspecified atom stereocenters. The Kier molecular flexibility index (Phi) is 5.67. The first-order valence-electron chi connectivity index (χ1n) is 9.60. The maximum Gasteiger partial charge on any atom is 0.375 e. The van der Waals surface area contributed by atoms with Crippen molar-refractivity contribution in [1.29, 1.82) is 0 Å². The van der Waals surface area contributed by atoms with Crippen molar-refractivity contribution < 1.29 is 27.9 Å². The smallest absolute Gasteiger partial charge is 0.375 e. The summed E-state index contributed by atoms with van der Waals surface area (Å²) in [4.78, 5) is 26.6. The number of nitrogens with zero attached hydrogens (tertiary/aromatic N) is 1. The Labute approximate surface area is 172 Å². The molecular formula is C22H21FN2O5. The summed E-state index contributed by atoms with van der Waals surface area (Å²) >= 11 is 0. The fourth-order valence-corrected chi connectivity index (χ4v) is 3.37. The Hall–Kier alpha value is -3.39. The average molecular weight is 412 g/mol. The van der Waals surface area contributed by atoms with Gasteiger partial charge in [-0.1, -0.05) is 12.1 Å². The molecule has 0 aliphatic carbocycles. The van der Waals surface area contributed by atoms with Crippen LogP contribution in [0.25, 0.3) is 11.0 Å². The molecule has 156 valence electrons. The number of esters is 1. The number of rotatable bonds is 5. The van der Waals surface area contributed by atoms with E-state index in [1.54, 1.807) is 25.1 Å². The van der Waals surface area contributed by atoms with Crippen molar-refractivity contribution in [2.24, 2.45) is 0 Å². The average Bonchev–Trinajstić information content (AvgIpc) is 3.11. The van der Waals surface area contributed by atoms with Crippen molar-refractivity contribution in [1.82, 2.24) is 0 Å². The lowest BCUT2D eigenvalue weighted by atomic mass is 10.1. The molecule has 2 aromatic carbocycles. The molecule has 1 aromatic heterocycles. The Morgan fingerprint density at radius 3 is 2.57 bits per heavy atom. The van der Waals surface area contributed by atoms with E-state index in [0.717, 1.165) is 18.8 Å². The Bertz CT molecular complexity index is 1070. The van der Waals surface area contributed by atoms with Crippen LogP contribution in [0.5, 0.6) is 0 Å². The van der Waals surface area contributed by atoms with Gasteiger partial charge in [-0.2, -0.15) is 0 Å². The third kappa shape index (κ3) is 4.13. The highest BCUT2D eigenvalue weighted by atomic mass is 19.1. The summed E-state index contributed by atoms with van der Waals surface area (Å²) in [6.45, 7) is 4.20. The first kappa shape index (κ1) is 19.9. The van der Waals surface area contributed by atoms with E-state index in [1.165, 1.54) is 12.1 Å². The number of para-hydroxylation sites is 1. The van der Waals surface area contributed by atoms with Gasteiger partial charge in [0.15, 0.2) is 18.0 Å². The molecule has 8 heteroatoms. The summed E-state index contributed by atoms with van der Waals surface area (Å²) in [6.07, 6.45) is 0. The molecule has 1 amide bonds. The van der Waals surface area contributed by atoms with Gasteiger partial charge < -0.3 is 24.1 Å². The Morgan fingerprint density at radius 2 is 1.87 bits per heavy atom. The number of aryl methyl sites for hydroxylation is 1. The van der Waals surface area contributed by atoms with E-state index in [-0.39, 0.29) is 11.3 Å². The van der Waals surface area contributed by atoms with Crippen molar-refractivity contribution in [2.45, 2.75) is 6.92 Å². The number of carbonyl (C=O) groups is 2. The van der Waals surface area contributed by atoms with E-state index < -0.39 is 24.3 Å². The molecule has 0 spiro atoms. The Balaban J connectivity index is 1.34. The molecule has 1 fully saturated rings. The second-order valence-corrected chi connectivity index (χ2v) is 6.94. The van der Waals surface area contributed by atoms with Crippen molar-refractivity contribution in [3.8, 4) is 0 Å². The summed E-state index contributed by atoms with van der Waals surface area (Å²) in [5, 5.41) is 3.17. The van der Waals surface area contributed by atoms with Crippen LogP contribution in [-0.2, 0) is 14.3 Å². The highest BCUT2D eigenvalue weighted by Crippen LogP contribution is 2.27. The molecule has 4 rings (SSSR count). The number of hydrogen-bond donors (Lipinski definition) is 1. The zero-order valence-corrected chi connectivity index (χ0v) is 16.4. The molecule has 0 saturated carbocycles. The molecule has 2 heterocycles. The molecule has 1 N–H and O–H groups in total. The van der Waals surface area contributed by atoms with Crippen molar-refractivity contribution in [3.05, 3.63) is 59.6 Å². The normalized spacial score (nSPS) is 14.0. The van der Waals surface area contributed by atoms with Crippen LogP contribution < -0.4 is 10.2 Å². The van der Waals surface area contributed by atoms with Gasteiger partial charge in [-0.05, 0) is 37.3 Å². The number of morpholine rings is 1. The molecule has 30 heavy (non-hydrogen) atoms. The molecular weight excluding hydrogens is 391 g/mol. The van der Waals surface area contributed by atoms with Crippen molar-refractivity contribution >= 4 is 34.2 Å². The number of ether oxygens (including phenoxy) is 2. The van der Waals surface area contributed by atoms with Gasteiger partial charge in [0.2, 0.25) is 5.76 Å². The minimum Gasteiger partial charge on any atom is -0.450 e. The highest BCUT2D eigenvalue weighted by molar-refractivity contribution is 5.98. The first-order chi connectivity index (χ1) is 14.5. The fourth-order valence-electron chi connectivity index (χ4n) is 3.37. The minimum atomic E-state index is -0.819. The van der Waals surface area contributed by atoms with Gasteiger partial charge in [-0.3, -0.25) is 4.79 Å². The first-order valence-corrected chi connectivity index (χ1v) is 9.60. The molecule has 1 saturated heterocycles. The highest BCUT2D eigenvalue weighted by Gasteiger charge is 2.21. The van der Waals surface area contributed by atoms with E-state index in [4.69, 9.17) is 13.9 Å². The van der Waals surface area contributed by atoms with Gasteiger partial charge in [-0.25, -0.2) is 9.18 Å². The van der Waals surface area contributed by atoms with Crippen molar-refractivity contribution in [2.75, 3.05) is 43.1 Å². The summed E-state index contributed by atoms with van der Waals surface area (Å²) in [5.41, 5.74) is 2.10. The van der Waals surface area contributed by atoms with Gasteiger partial charge in [0.1, 0.15) is 0 Å². The summed E-state index contributed by atoms with van der Waals surface area (Å²) in [6, 6.07) is 11.8. The van der Waals surface area contributed by atoms with Crippen LogP contribution >= 0.6 is 0 Å². The predicted molar refractivity (Wildman–Crippen MR) is 109 cm³/mol. The summed E-state index contributed by atoms with van der Waals surface area (Å²) in [5.74, 6) is -1.98. The third-order valence-corrected chi connectivity index (χ3v) is 4.96. The second kappa shape index (κ2) is 8.54. The lowest BCUT2D eigenvalue weighted by Crippen LogP contribution is -2.36. The van der Waals surface area contributed by atoms with Gasteiger partial charge in [0.25, 0.3) is 5.91 Å². The summed E-state index contributed by atoms with van der Waals surface area (Å²) < 4.78 is 29.5. The van der Waals surface area contributed by atoms with Gasteiger partial charge >= 0.3 is 5.97 Å². The maximum atomic E-state index is 13.8. The van der Waals surface area contributed by atoms with Crippen LogP contribution in [0.15, 0.2) is 46.9 Å². The van der Waals surface area contributed by atoms with E-state index >= 15 is 0 Å². The molecule has 7 nitrogen and oxygen atoms in total. The lowest BCUT2D eigenvalue weighted by Gasteiger charge is -2.28. The molecule has 0 atom stereocenters. The van der Waals surface area contributed by atoms with Crippen LogP contribution in [0, 0.1) is 12.7 Å². The van der Waals surface area contributed by atoms with Gasteiger partial charge in [0, 0.05) is 35.4 Å². The fraction of sp³-hybridized carbons (Fsp3) is 0.273. The zero-order chi connectivity index (χ0) is 21.1. The lowest BCUT2D eigenvalue weighted by molar-refractivity contribution is -0.119. The third-order valence-electron chi connectivity index (χ3n) is 4.96. The molecule has 1 aliphatic rings. The number of anilines is 2. The molecule has 1 aliphatic heterocycles. The molecule has 0 bridgehead atoms. The molecule has 0 radical (unpaired) electrons. The zero-order valence-electron chi connectivity index (χ0n) is 16.4. The molecule has 3 aromatic rings. The Morgan fingerprint density at radius 1 is 1.13 bits per heavy atom. The van der Waals surface area contributed by atoms with Crippen LogP contribution in [0.4, 0.5) is 15.8 Å². The second-order valence-electron chi connectivity index (χ2n) is 6.94. The number of carbonyl (C=O) groups excluding carboxylic acids is 2. The maximum absolute atomic E-state index is 13.8. The minimum absolute atomic E-state index is 0.00763. The van der Waals surface area contributed by atoms with Crippen LogP contribution in [0.2, 0.25) is 0 Å². The van der Waals surface area contributed by atoms with Crippen LogP contribution in [-0.4, -0.2) is 44.8 Å². The quantitative estimate of drug-likeness (QED) is 0.646. The number of amides is 1. The number of halogens is 1. The van der Waals surface area contributed by atoms with Gasteiger partial charge in [0.05, 0.1) is 13.2 Å². The van der Waals surface area contributed by atoms with E-state index in [1.807, 2.05) is 12.1 Å². The number of nitrogens with one attached hydrogen (secondary N) is 1. The number of benzene rings is 2. The van der Waals surface area contributed by atoms with Crippen LogP contribution in [0.1, 0.15) is 16.1 Å². The van der Waals surface area contributed by atoms with E-state index in [0.29, 0.717) is 29.9 Å².